The van der Waals surface area contributed by atoms with Crippen molar-refractivity contribution in [3.63, 3.8) is 0 Å². The highest BCUT2D eigenvalue weighted by atomic mass is 16.4. The first-order chi connectivity index (χ1) is 12.2. The van der Waals surface area contributed by atoms with Gasteiger partial charge in [0.15, 0.2) is 0 Å². The second-order valence-electron chi connectivity index (χ2n) is 6.80. The number of hydrogen-bond acceptors (Lipinski definition) is 4. The summed E-state index contributed by atoms with van der Waals surface area (Å²) in [5.41, 5.74) is 2.70. The standard InChI is InChI=1S/C20H21N3O2/c24-20(25)18(15-4-2-1-3-5-15)19(17-6-9-21-13-22-17)16-12-23-10-7-14(16)8-11-23/h1-6,9,13-14,16H,7-8,10-12H2,(H,24,25). The van der Waals surface area contributed by atoms with Crippen molar-refractivity contribution in [1.82, 2.24) is 14.9 Å². The lowest BCUT2D eigenvalue weighted by Gasteiger charge is -2.46. The van der Waals surface area contributed by atoms with E-state index in [2.05, 4.69) is 14.9 Å². The largest absolute Gasteiger partial charge is 0.478 e. The molecule has 1 N–H and O–H groups in total. The molecule has 0 radical (unpaired) electrons. The van der Waals surface area contributed by atoms with Crippen molar-refractivity contribution in [3.05, 3.63) is 60.2 Å². The molecule has 1 aromatic heterocycles. The van der Waals surface area contributed by atoms with Gasteiger partial charge in [-0.05, 0) is 49.1 Å². The van der Waals surface area contributed by atoms with Crippen molar-refractivity contribution in [2.75, 3.05) is 19.6 Å². The quantitative estimate of drug-likeness (QED) is 0.870. The smallest absolute Gasteiger partial charge is 0.336 e. The van der Waals surface area contributed by atoms with Gasteiger partial charge in [0.1, 0.15) is 6.33 Å². The molecule has 5 heteroatoms. The van der Waals surface area contributed by atoms with Gasteiger partial charge in [0.05, 0.1) is 11.3 Å². The van der Waals surface area contributed by atoms with Crippen LogP contribution in [0.5, 0.6) is 0 Å². The van der Waals surface area contributed by atoms with E-state index >= 15 is 0 Å². The van der Waals surface area contributed by atoms with Crippen LogP contribution in [0.2, 0.25) is 0 Å². The SMILES string of the molecule is O=C(O)C(=C(c1ccncn1)C1CN2CCC1CC2)c1ccccc1. The fourth-order valence-corrected chi connectivity index (χ4v) is 4.24. The van der Waals surface area contributed by atoms with Crippen LogP contribution in [0, 0.1) is 11.8 Å². The van der Waals surface area contributed by atoms with E-state index in [0.29, 0.717) is 11.5 Å². The number of hydrogen-bond donors (Lipinski definition) is 1. The molecule has 1 unspecified atom stereocenters. The second-order valence-corrected chi connectivity index (χ2v) is 6.80. The molecule has 0 saturated carbocycles. The van der Waals surface area contributed by atoms with Gasteiger partial charge >= 0.3 is 5.97 Å². The normalized spacial score (nSPS) is 26.2. The molecule has 25 heavy (non-hydrogen) atoms. The minimum atomic E-state index is -0.892. The van der Waals surface area contributed by atoms with Crippen LogP contribution in [0.4, 0.5) is 0 Å². The third kappa shape index (κ3) is 3.07. The maximum Gasteiger partial charge on any atom is 0.336 e. The second kappa shape index (κ2) is 6.76. The lowest BCUT2D eigenvalue weighted by atomic mass is 9.72. The molecular formula is C20H21N3O2. The number of fused-ring (bicyclic) bond motifs is 3. The summed E-state index contributed by atoms with van der Waals surface area (Å²) < 4.78 is 0. The van der Waals surface area contributed by atoms with E-state index in [1.807, 2.05) is 36.4 Å². The number of benzene rings is 1. The van der Waals surface area contributed by atoms with Crippen LogP contribution in [-0.2, 0) is 4.79 Å². The van der Waals surface area contributed by atoms with Crippen molar-refractivity contribution >= 4 is 17.1 Å². The summed E-state index contributed by atoms with van der Waals surface area (Å²) in [4.78, 5) is 23.1. The summed E-state index contributed by atoms with van der Waals surface area (Å²) in [5.74, 6) is -0.173. The molecular weight excluding hydrogens is 314 g/mol. The van der Waals surface area contributed by atoms with Crippen LogP contribution in [0.15, 0.2) is 48.9 Å². The lowest BCUT2D eigenvalue weighted by molar-refractivity contribution is -0.130. The Balaban J connectivity index is 1.91. The van der Waals surface area contributed by atoms with Crippen molar-refractivity contribution in [2.45, 2.75) is 12.8 Å². The molecule has 128 valence electrons. The Morgan fingerprint density at radius 1 is 1.12 bits per heavy atom. The summed E-state index contributed by atoms with van der Waals surface area (Å²) in [6.45, 7) is 3.14. The minimum Gasteiger partial charge on any atom is -0.478 e. The molecule has 1 atom stereocenters. The highest BCUT2D eigenvalue weighted by molar-refractivity contribution is 6.23. The van der Waals surface area contributed by atoms with Gasteiger partial charge in [0.2, 0.25) is 0 Å². The molecule has 3 fully saturated rings. The van der Waals surface area contributed by atoms with Crippen LogP contribution >= 0.6 is 0 Å². The Morgan fingerprint density at radius 2 is 1.88 bits per heavy atom. The third-order valence-corrected chi connectivity index (χ3v) is 5.43. The Labute approximate surface area is 147 Å². The number of aromatic nitrogens is 2. The van der Waals surface area contributed by atoms with Crippen LogP contribution in [-0.4, -0.2) is 45.6 Å². The zero-order valence-electron chi connectivity index (χ0n) is 14.0. The molecule has 3 aliphatic rings. The van der Waals surface area contributed by atoms with Gasteiger partial charge in [-0.25, -0.2) is 14.8 Å². The molecule has 2 bridgehead atoms. The van der Waals surface area contributed by atoms with E-state index in [1.165, 1.54) is 6.33 Å². The number of piperidine rings is 3. The predicted octanol–water partition coefficient (Wildman–Crippen LogP) is 2.81. The first kappa shape index (κ1) is 16.0. The topological polar surface area (TPSA) is 66.3 Å². The van der Waals surface area contributed by atoms with E-state index in [9.17, 15) is 9.90 Å². The average Bonchev–Trinajstić information content (AvgIpc) is 2.68. The summed E-state index contributed by atoms with van der Waals surface area (Å²) in [6.07, 6.45) is 5.44. The van der Waals surface area contributed by atoms with Gasteiger partial charge in [-0.15, -0.1) is 0 Å². The number of carboxylic acid groups (broad SMARTS) is 1. The molecule has 3 saturated heterocycles. The van der Waals surface area contributed by atoms with E-state index < -0.39 is 5.97 Å². The van der Waals surface area contributed by atoms with Crippen molar-refractivity contribution in [3.8, 4) is 0 Å². The first-order valence-corrected chi connectivity index (χ1v) is 8.75. The number of carboxylic acids is 1. The Hall–Kier alpha value is -2.53. The molecule has 4 heterocycles. The molecule has 0 amide bonds. The van der Waals surface area contributed by atoms with Crippen molar-refractivity contribution in [1.29, 1.82) is 0 Å². The van der Waals surface area contributed by atoms with E-state index in [0.717, 1.165) is 49.3 Å². The number of carbonyl (C=O) groups is 1. The first-order valence-electron chi connectivity index (χ1n) is 8.75. The van der Waals surface area contributed by atoms with Crippen LogP contribution in [0.25, 0.3) is 11.1 Å². The fraction of sp³-hybridized carbons (Fsp3) is 0.350. The summed E-state index contributed by atoms with van der Waals surface area (Å²) >= 11 is 0. The highest BCUT2D eigenvalue weighted by Crippen LogP contribution is 2.43. The molecule has 3 aliphatic heterocycles. The van der Waals surface area contributed by atoms with E-state index in [1.54, 1.807) is 6.20 Å². The lowest BCUT2D eigenvalue weighted by Crippen LogP contribution is -2.48. The number of rotatable bonds is 4. The summed E-state index contributed by atoms with van der Waals surface area (Å²) in [5, 5.41) is 10.0. The molecule has 2 aromatic rings. The maximum absolute atomic E-state index is 12.2. The Kier molecular flexibility index (Phi) is 4.32. The van der Waals surface area contributed by atoms with Crippen molar-refractivity contribution < 1.29 is 9.90 Å². The zero-order chi connectivity index (χ0) is 17.2. The van der Waals surface area contributed by atoms with Gasteiger partial charge < -0.3 is 10.0 Å². The minimum absolute atomic E-state index is 0.198. The summed E-state index contributed by atoms with van der Waals surface area (Å²) in [7, 11) is 0. The maximum atomic E-state index is 12.2. The third-order valence-electron chi connectivity index (χ3n) is 5.43. The summed E-state index contributed by atoms with van der Waals surface area (Å²) in [6, 6.07) is 11.2. The van der Waals surface area contributed by atoms with Crippen LogP contribution in [0.1, 0.15) is 24.1 Å². The molecule has 0 spiro atoms. The Bertz CT molecular complexity index is 781. The van der Waals surface area contributed by atoms with E-state index in [-0.39, 0.29) is 5.92 Å². The van der Waals surface area contributed by atoms with Crippen molar-refractivity contribution in [2.24, 2.45) is 11.8 Å². The van der Waals surface area contributed by atoms with Gasteiger partial charge in [-0.1, -0.05) is 30.3 Å². The molecule has 0 aliphatic carbocycles. The van der Waals surface area contributed by atoms with Gasteiger partial charge in [0, 0.05) is 18.7 Å². The van der Waals surface area contributed by atoms with E-state index in [4.69, 9.17) is 0 Å². The highest BCUT2D eigenvalue weighted by Gasteiger charge is 2.39. The molecule has 1 aromatic carbocycles. The molecule has 5 nitrogen and oxygen atoms in total. The van der Waals surface area contributed by atoms with Gasteiger partial charge in [-0.3, -0.25) is 0 Å². The predicted molar refractivity (Wildman–Crippen MR) is 95.6 cm³/mol. The van der Waals surface area contributed by atoms with Gasteiger partial charge in [0.25, 0.3) is 0 Å². The van der Waals surface area contributed by atoms with Gasteiger partial charge in [-0.2, -0.15) is 0 Å². The van der Waals surface area contributed by atoms with Crippen LogP contribution < -0.4 is 0 Å². The Morgan fingerprint density at radius 3 is 2.44 bits per heavy atom. The molecule has 5 rings (SSSR count). The number of aliphatic carboxylic acids is 1. The fourth-order valence-electron chi connectivity index (χ4n) is 4.24. The van der Waals surface area contributed by atoms with Crippen LogP contribution in [0.3, 0.4) is 0 Å². The number of nitrogens with zero attached hydrogens (tertiary/aromatic N) is 3. The monoisotopic (exact) mass is 335 g/mol. The zero-order valence-corrected chi connectivity index (χ0v) is 14.0. The average molecular weight is 335 g/mol.